The zero-order valence-corrected chi connectivity index (χ0v) is 12.6. The third-order valence-corrected chi connectivity index (χ3v) is 6.84. The zero-order valence-electron chi connectivity index (χ0n) is 11.8. The van der Waals surface area contributed by atoms with Gasteiger partial charge in [0.05, 0.1) is 5.25 Å². The molecular weight excluding hydrogens is 262 g/mol. The van der Waals surface area contributed by atoms with Crippen molar-refractivity contribution in [2.75, 3.05) is 6.54 Å². The Labute approximate surface area is 116 Å². The van der Waals surface area contributed by atoms with Crippen LogP contribution in [0.25, 0.3) is 0 Å². The van der Waals surface area contributed by atoms with Crippen molar-refractivity contribution in [2.45, 2.75) is 76.0 Å². The number of sulfonamides is 1. The van der Waals surface area contributed by atoms with Crippen molar-refractivity contribution in [1.82, 2.24) is 4.31 Å². The zero-order chi connectivity index (χ0) is 13.9. The van der Waals surface area contributed by atoms with E-state index in [0.29, 0.717) is 13.0 Å². The van der Waals surface area contributed by atoms with E-state index in [-0.39, 0.29) is 17.1 Å². The molecule has 0 spiro atoms. The number of hydrogen-bond donors (Lipinski definition) is 0. The maximum absolute atomic E-state index is 12.7. The number of hydrogen-bond acceptors (Lipinski definition) is 3. The predicted octanol–water partition coefficient (Wildman–Crippen LogP) is 2.48. The van der Waals surface area contributed by atoms with Crippen molar-refractivity contribution in [2.24, 2.45) is 0 Å². The summed E-state index contributed by atoms with van der Waals surface area (Å²) < 4.78 is 27.2. The fourth-order valence-corrected chi connectivity index (χ4v) is 5.69. The molecule has 0 aromatic rings. The summed E-state index contributed by atoms with van der Waals surface area (Å²) in [6.07, 6.45) is 7.98. The minimum absolute atomic E-state index is 0.0850. The van der Waals surface area contributed by atoms with Crippen molar-refractivity contribution < 1.29 is 13.2 Å². The van der Waals surface area contributed by atoms with Crippen LogP contribution in [-0.2, 0) is 14.8 Å². The van der Waals surface area contributed by atoms with E-state index in [4.69, 9.17) is 0 Å². The van der Waals surface area contributed by atoms with Crippen LogP contribution in [0.5, 0.6) is 0 Å². The minimum Gasteiger partial charge on any atom is -0.300 e. The highest BCUT2D eigenvalue weighted by atomic mass is 32.2. The summed E-state index contributed by atoms with van der Waals surface area (Å²) in [4.78, 5) is 11.3. The Morgan fingerprint density at radius 3 is 2.32 bits per heavy atom. The lowest BCUT2D eigenvalue weighted by Crippen LogP contribution is -2.48. The second-order valence-electron chi connectivity index (χ2n) is 5.97. The van der Waals surface area contributed by atoms with Crippen LogP contribution in [0.3, 0.4) is 0 Å². The lowest BCUT2D eigenvalue weighted by Gasteiger charge is -2.37. The van der Waals surface area contributed by atoms with Crippen LogP contribution in [0.15, 0.2) is 0 Å². The van der Waals surface area contributed by atoms with Gasteiger partial charge in [0.2, 0.25) is 10.0 Å². The van der Waals surface area contributed by atoms with Crippen LogP contribution in [0.1, 0.15) is 64.7 Å². The first-order valence-corrected chi connectivity index (χ1v) is 9.02. The van der Waals surface area contributed by atoms with Gasteiger partial charge < -0.3 is 0 Å². The average Bonchev–Trinajstić information content (AvgIpc) is 2.39. The molecule has 2 aliphatic rings. The minimum atomic E-state index is -3.20. The van der Waals surface area contributed by atoms with Crippen LogP contribution in [0.2, 0.25) is 0 Å². The van der Waals surface area contributed by atoms with E-state index in [0.717, 1.165) is 51.4 Å². The molecule has 0 amide bonds. The fraction of sp³-hybridized carbons (Fsp3) is 0.929. The average molecular weight is 287 g/mol. The van der Waals surface area contributed by atoms with Crippen molar-refractivity contribution in [3.05, 3.63) is 0 Å². The number of rotatable bonds is 4. The van der Waals surface area contributed by atoms with Crippen molar-refractivity contribution in [3.8, 4) is 0 Å². The van der Waals surface area contributed by atoms with Crippen molar-refractivity contribution >= 4 is 15.8 Å². The molecule has 5 heteroatoms. The molecule has 1 saturated heterocycles. The second-order valence-corrected chi connectivity index (χ2v) is 8.14. The van der Waals surface area contributed by atoms with E-state index >= 15 is 0 Å². The fourth-order valence-electron chi connectivity index (χ4n) is 3.40. The first kappa shape index (κ1) is 15.0. The Bertz CT molecular complexity index is 412. The van der Waals surface area contributed by atoms with Crippen LogP contribution in [0.4, 0.5) is 0 Å². The Hall–Kier alpha value is -0.420. The highest BCUT2D eigenvalue weighted by Crippen LogP contribution is 2.31. The lowest BCUT2D eigenvalue weighted by atomic mass is 10.0. The molecule has 1 atom stereocenters. The molecule has 110 valence electrons. The van der Waals surface area contributed by atoms with Gasteiger partial charge in [0.15, 0.2) is 0 Å². The molecule has 19 heavy (non-hydrogen) atoms. The molecular formula is C14H25NO3S. The molecule has 1 aliphatic heterocycles. The van der Waals surface area contributed by atoms with Gasteiger partial charge in [0, 0.05) is 19.0 Å². The van der Waals surface area contributed by atoms with Gasteiger partial charge in [-0.15, -0.1) is 0 Å². The van der Waals surface area contributed by atoms with Gasteiger partial charge in [-0.05, 0) is 32.6 Å². The maximum Gasteiger partial charge on any atom is 0.217 e. The number of piperidine rings is 1. The van der Waals surface area contributed by atoms with E-state index in [9.17, 15) is 13.2 Å². The van der Waals surface area contributed by atoms with Gasteiger partial charge in [-0.1, -0.05) is 25.7 Å². The number of carbonyl (C=O) groups excluding carboxylic acids is 1. The Kier molecular flexibility index (Phi) is 5.01. The molecule has 1 saturated carbocycles. The highest BCUT2D eigenvalue weighted by molar-refractivity contribution is 7.89. The second kappa shape index (κ2) is 6.35. The van der Waals surface area contributed by atoms with Gasteiger partial charge in [-0.25, -0.2) is 8.42 Å². The third-order valence-electron chi connectivity index (χ3n) is 4.40. The van der Waals surface area contributed by atoms with Crippen molar-refractivity contribution in [3.63, 3.8) is 0 Å². The van der Waals surface area contributed by atoms with Crippen LogP contribution in [0, 0.1) is 0 Å². The summed E-state index contributed by atoms with van der Waals surface area (Å²) in [6, 6.07) is -0.0850. The van der Waals surface area contributed by atoms with E-state index in [1.165, 1.54) is 0 Å². The Morgan fingerprint density at radius 2 is 1.68 bits per heavy atom. The highest BCUT2D eigenvalue weighted by Gasteiger charge is 2.38. The normalized spacial score (nSPS) is 27.3. The van der Waals surface area contributed by atoms with Crippen molar-refractivity contribution in [1.29, 1.82) is 0 Å². The van der Waals surface area contributed by atoms with E-state index in [2.05, 4.69) is 0 Å². The topological polar surface area (TPSA) is 54.5 Å². The number of Topliss-reactive ketones (excluding diaryl/α,β-unsaturated/α-hetero) is 1. The van der Waals surface area contributed by atoms with E-state index in [1.807, 2.05) is 0 Å². The molecule has 2 rings (SSSR count). The first-order chi connectivity index (χ1) is 9.01. The molecule has 1 heterocycles. The van der Waals surface area contributed by atoms with Gasteiger partial charge in [-0.2, -0.15) is 4.31 Å². The quantitative estimate of drug-likeness (QED) is 0.798. The van der Waals surface area contributed by atoms with Gasteiger partial charge in [-0.3, -0.25) is 4.79 Å². The Balaban J connectivity index is 2.13. The summed E-state index contributed by atoms with van der Waals surface area (Å²) in [5.41, 5.74) is 0. The molecule has 0 bridgehead atoms. The predicted molar refractivity (Wildman–Crippen MR) is 75.4 cm³/mol. The molecule has 0 aromatic heterocycles. The smallest absolute Gasteiger partial charge is 0.217 e. The number of nitrogens with zero attached hydrogens (tertiary/aromatic N) is 1. The summed E-state index contributed by atoms with van der Waals surface area (Å²) >= 11 is 0. The van der Waals surface area contributed by atoms with Crippen LogP contribution < -0.4 is 0 Å². The van der Waals surface area contributed by atoms with Crippen LogP contribution >= 0.6 is 0 Å². The lowest BCUT2D eigenvalue weighted by molar-refractivity contribution is -0.118. The molecule has 1 aliphatic carbocycles. The maximum atomic E-state index is 12.7. The third kappa shape index (κ3) is 3.57. The van der Waals surface area contributed by atoms with Gasteiger partial charge in [0.25, 0.3) is 0 Å². The number of carbonyl (C=O) groups is 1. The standard InChI is InChI=1S/C14H25NO3S/c1-12(16)11-13-7-5-6-10-15(13)19(17,18)14-8-3-2-4-9-14/h13-14H,2-11H2,1H3. The first-order valence-electron chi connectivity index (χ1n) is 7.52. The van der Waals surface area contributed by atoms with E-state index < -0.39 is 10.0 Å². The SMILES string of the molecule is CC(=O)CC1CCCCN1S(=O)(=O)C1CCCCC1. The summed E-state index contributed by atoms with van der Waals surface area (Å²) in [5, 5.41) is -0.200. The van der Waals surface area contributed by atoms with E-state index in [1.54, 1.807) is 11.2 Å². The molecule has 0 aromatic carbocycles. The Morgan fingerprint density at radius 1 is 1.05 bits per heavy atom. The van der Waals surface area contributed by atoms with Gasteiger partial charge in [0.1, 0.15) is 5.78 Å². The van der Waals surface area contributed by atoms with Crippen LogP contribution in [-0.4, -0.2) is 36.3 Å². The van der Waals surface area contributed by atoms with Gasteiger partial charge >= 0.3 is 0 Å². The molecule has 2 fully saturated rings. The number of ketones is 1. The molecule has 0 radical (unpaired) electrons. The molecule has 0 N–H and O–H groups in total. The molecule has 4 nitrogen and oxygen atoms in total. The monoisotopic (exact) mass is 287 g/mol. The largest absolute Gasteiger partial charge is 0.300 e. The summed E-state index contributed by atoms with van der Waals surface area (Å²) in [7, 11) is -3.20. The molecule has 1 unspecified atom stereocenters. The summed E-state index contributed by atoms with van der Waals surface area (Å²) in [6.45, 7) is 2.16. The summed E-state index contributed by atoms with van der Waals surface area (Å²) in [5.74, 6) is 0.0933.